The number of halogens is 1. The van der Waals surface area contributed by atoms with E-state index < -0.39 is 0 Å². The van der Waals surface area contributed by atoms with Gasteiger partial charge in [0.25, 0.3) is 0 Å². The summed E-state index contributed by atoms with van der Waals surface area (Å²) >= 11 is 0. The summed E-state index contributed by atoms with van der Waals surface area (Å²) < 4.78 is 11.2. The zero-order valence-corrected chi connectivity index (χ0v) is 14.5. The Kier molecular flexibility index (Phi) is 6.72. The average Bonchev–Trinajstić information content (AvgIpc) is 2.59. The average molecular weight is 339 g/mol. The number of rotatable bonds is 5. The van der Waals surface area contributed by atoms with E-state index in [1.165, 1.54) is 19.3 Å². The molecule has 1 aromatic rings. The SMILES string of the molecule is CCc1cc2c(cc1C(=O)CCN1CCCCC1)OCCO2.[Cl-]. The molecule has 1 aromatic carbocycles. The van der Waals surface area contributed by atoms with Gasteiger partial charge < -0.3 is 26.8 Å². The molecule has 2 heterocycles. The maximum absolute atomic E-state index is 12.6. The lowest BCUT2D eigenvalue weighted by Gasteiger charge is -2.26. The van der Waals surface area contributed by atoms with Crippen molar-refractivity contribution in [3.63, 3.8) is 0 Å². The quantitative estimate of drug-likeness (QED) is 0.713. The minimum Gasteiger partial charge on any atom is -1.00 e. The van der Waals surface area contributed by atoms with Crippen molar-refractivity contribution in [1.29, 1.82) is 0 Å². The highest BCUT2D eigenvalue weighted by Crippen LogP contribution is 2.34. The van der Waals surface area contributed by atoms with Crippen molar-refractivity contribution >= 4 is 5.78 Å². The zero-order valence-electron chi connectivity index (χ0n) is 13.8. The molecule has 0 unspecified atom stereocenters. The van der Waals surface area contributed by atoms with Crippen molar-refractivity contribution in [2.45, 2.75) is 39.0 Å². The van der Waals surface area contributed by atoms with E-state index in [0.29, 0.717) is 25.4 Å². The van der Waals surface area contributed by atoms with Crippen LogP contribution in [-0.2, 0) is 6.42 Å². The normalized spacial score (nSPS) is 17.4. The highest BCUT2D eigenvalue weighted by Gasteiger charge is 2.20. The monoisotopic (exact) mass is 338 g/mol. The first-order valence-corrected chi connectivity index (χ1v) is 8.46. The van der Waals surface area contributed by atoms with Gasteiger partial charge in [-0.2, -0.15) is 0 Å². The number of Topliss-reactive ketones (excluding diaryl/α,β-unsaturated/α-hetero) is 1. The number of ketones is 1. The van der Waals surface area contributed by atoms with E-state index in [-0.39, 0.29) is 18.2 Å². The van der Waals surface area contributed by atoms with Gasteiger partial charge >= 0.3 is 0 Å². The van der Waals surface area contributed by atoms with Crippen LogP contribution in [0, 0.1) is 0 Å². The van der Waals surface area contributed by atoms with Crippen molar-refractivity contribution in [3.8, 4) is 11.5 Å². The highest BCUT2D eigenvalue weighted by atomic mass is 35.5. The lowest BCUT2D eigenvalue weighted by molar-refractivity contribution is -0.0000133. The Morgan fingerprint density at radius 1 is 1.09 bits per heavy atom. The van der Waals surface area contributed by atoms with Crippen LogP contribution in [0.25, 0.3) is 0 Å². The molecular formula is C18H25ClNO3-. The molecule has 0 spiro atoms. The Morgan fingerprint density at radius 2 is 1.74 bits per heavy atom. The van der Waals surface area contributed by atoms with E-state index in [1.807, 2.05) is 12.1 Å². The van der Waals surface area contributed by atoms with Gasteiger partial charge in [-0.1, -0.05) is 13.3 Å². The maximum Gasteiger partial charge on any atom is 0.164 e. The second kappa shape index (κ2) is 8.55. The van der Waals surface area contributed by atoms with Gasteiger partial charge in [0.05, 0.1) is 0 Å². The van der Waals surface area contributed by atoms with Gasteiger partial charge in [-0.3, -0.25) is 4.79 Å². The summed E-state index contributed by atoms with van der Waals surface area (Å²) in [5.41, 5.74) is 1.87. The lowest BCUT2D eigenvalue weighted by Crippen LogP contribution is -3.00. The summed E-state index contributed by atoms with van der Waals surface area (Å²) in [6.07, 6.45) is 5.28. The summed E-state index contributed by atoms with van der Waals surface area (Å²) in [4.78, 5) is 15.0. The molecule has 0 radical (unpaired) electrons. The lowest BCUT2D eigenvalue weighted by atomic mass is 9.98. The number of benzene rings is 1. The molecule has 0 aliphatic carbocycles. The first kappa shape index (κ1) is 18.1. The molecule has 0 bridgehead atoms. The van der Waals surface area contributed by atoms with E-state index in [0.717, 1.165) is 42.9 Å². The van der Waals surface area contributed by atoms with Crippen LogP contribution in [0.1, 0.15) is 48.5 Å². The first-order valence-electron chi connectivity index (χ1n) is 8.46. The van der Waals surface area contributed by atoms with Crippen molar-refractivity contribution in [3.05, 3.63) is 23.3 Å². The molecule has 128 valence electrons. The predicted molar refractivity (Wildman–Crippen MR) is 86.0 cm³/mol. The Morgan fingerprint density at radius 3 is 2.39 bits per heavy atom. The van der Waals surface area contributed by atoms with Gasteiger partial charge in [0.1, 0.15) is 13.2 Å². The van der Waals surface area contributed by atoms with Crippen LogP contribution >= 0.6 is 0 Å². The van der Waals surface area contributed by atoms with Gasteiger partial charge in [-0.15, -0.1) is 0 Å². The largest absolute Gasteiger partial charge is 1.00 e. The number of hydrogen-bond donors (Lipinski definition) is 0. The van der Waals surface area contributed by atoms with Gasteiger partial charge in [0.2, 0.25) is 0 Å². The summed E-state index contributed by atoms with van der Waals surface area (Å²) in [6, 6.07) is 3.86. The number of likely N-dealkylation sites (tertiary alicyclic amines) is 1. The van der Waals surface area contributed by atoms with Gasteiger partial charge in [0, 0.05) is 18.5 Å². The third-order valence-corrected chi connectivity index (χ3v) is 4.55. The molecule has 3 rings (SSSR count). The molecule has 1 saturated heterocycles. The van der Waals surface area contributed by atoms with Crippen LogP contribution in [0.5, 0.6) is 11.5 Å². The van der Waals surface area contributed by atoms with E-state index >= 15 is 0 Å². The Bertz CT molecular complexity index is 541. The summed E-state index contributed by atoms with van der Waals surface area (Å²) in [7, 11) is 0. The van der Waals surface area contributed by atoms with E-state index in [4.69, 9.17) is 9.47 Å². The molecule has 2 aliphatic heterocycles. The smallest absolute Gasteiger partial charge is 0.164 e. The molecule has 0 amide bonds. The van der Waals surface area contributed by atoms with Crippen LogP contribution < -0.4 is 21.9 Å². The number of ether oxygens (including phenoxy) is 2. The molecule has 4 nitrogen and oxygen atoms in total. The Hall–Kier alpha value is -1.26. The van der Waals surface area contributed by atoms with Crippen LogP contribution in [0.15, 0.2) is 12.1 Å². The number of carbonyl (C=O) groups excluding carboxylic acids is 1. The molecule has 1 fully saturated rings. The minimum atomic E-state index is 0. The van der Waals surface area contributed by atoms with Crippen molar-refractivity contribution < 1.29 is 26.7 Å². The van der Waals surface area contributed by atoms with Gasteiger partial charge in [-0.25, -0.2) is 0 Å². The van der Waals surface area contributed by atoms with Crippen molar-refractivity contribution in [2.24, 2.45) is 0 Å². The molecule has 0 saturated carbocycles. The molecule has 0 atom stereocenters. The number of nitrogens with zero attached hydrogens (tertiary/aromatic N) is 1. The van der Waals surface area contributed by atoms with Crippen LogP contribution in [-0.4, -0.2) is 43.5 Å². The van der Waals surface area contributed by atoms with Gasteiger partial charge in [0.15, 0.2) is 17.3 Å². The molecule has 2 aliphatic rings. The summed E-state index contributed by atoms with van der Waals surface area (Å²) in [5, 5.41) is 0. The van der Waals surface area contributed by atoms with Crippen molar-refractivity contribution in [2.75, 3.05) is 32.8 Å². The second-order valence-electron chi connectivity index (χ2n) is 6.08. The van der Waals surface area contributed by atoms with Gasteiger partial charge in [-0.05, 0) is 50.0 Å². The minimum absolute atomic E-state index is 0. The van der Waals surface area contributed by atoms with Crippen LogP contribution in [0.4, 0.5) is 0 Å². The number of fused-ring (bicyclic) bond motifs is 1. The Labute approximate surface area is 144 Å². The number of hydrogen-bond acceptors (Lipinski definition) is 4. The fourth-order valence-corrected chi connectivity index (χ4v) is 3.26. The van der Waals surface area contributed by atoms with Crippen LogP contribution in [0.2, 0.25) is 0 Å². The fraction of sp³-hybridized carbons (Fsp3) is 0.611. The fourth-order valence-electron chi connectivity index (χ4n) is 3.26. The third kappa shape index (κ3) is 4.39. The third-order valence-electron chi connectivity index (χ3n) is 4.55. The predicted octanol–water partition coefficient (Wildman–Crippen LogP) is 0.0829. The molecule has 0 N–H and O–H groups in total. The number of carbonyl (C=O) groups is 1. The maximum atomic E-state index is 12.6. The Balaban J connectivity index is 0.00000192. The highest BCUT2D eigenvalue weighted by molar-refractivity contribution is 5.98. The number of piperidine rings is 1. The molecular weight excluding hydrogens is 314 g/mol. The summed E-state index contributed by atoms with van der Waals surface area (Å²) in [6.45, 7) is 6.35. The zero-order chi connectivity index (χ0) is 15.4. The van der Waals surface area contributed by atoms with E-state index in [2.05, 4.69) is 11.8 Å². The van der Waals surface area contributed by atoms with E-state index in [9.17, 15) is 4.79 Å². The second-order valence-corrected chi connectivity index (χ2v) is 6.08. The van der Waals surface area contributed by atoms with Crippen LogP contribution in [0.3, 0.4) is 0 Å². The molecule has 23 heavy (non-hydrogen) atoms. The molecule has 0 aromatic heterocycles. The van der Waals surface area contributed by atoms with Crippen molar-refractivity contribution in [1.82, 2.24) is 4.90 Å². The van der Waals surface area contributed by atoms with E-state index in [1.54, 1.807) is 0 Å². The first-order chi connectivity index (χ1) is 10.8. The topological polar surface area (TPSA) is 38.8 Å². The standard InChI is InChI=1S/C18H25NO3.ClH/c1-2-14-12-17-18(22-11-10-21-17)13-15(14)16(20)6-9-19-7-4-3-5-8-19;/h12-13H,2-11H2,1H3;1H/p-1. The summed E-state index contributed by atoms with van der Waals surface area (Å²) in [5.74, 6) is 1.71. The molecule has 5 heteroatoms. The number of aryl methyl sites for hydroxylation is 1.